The second-order valence-corrected chi connectivity index (χ2v) is 10.7. The van der Waals surface area contributed by atoms with Gasteiger partial charge in [-0.15, -0.1) is 0 Å². The van der Waals surface area contributed by atoms with Crippen molar-refractivity contribution in [2.45, 2.75) is 81.6 Å². The monoisotopic (exact) mass is 432 g/mol. The number of rotatable bonds is 8. The minimum Gasteiger partial charge on any atom is -0.395 e. The maximum absolute atomic E-state index is 12.7. The molecule has 0 saturated heterocycles. The maximum atomic E-state index is 12.7. The number of nitrogen functional groups attached to an aromatic ring is 1. The van der Waals surface area contributed by atoms with Gasteiger partial charge < -0.3 is 21.7 Å². The topological polar surface area (TPSA) is 113 Å². The number of anilines is 4. The molecule has 0 spiro atoms. The summed E-state index contributed by atoms with van der Waals surface area (Å²) in [7, 11) is 0. The van der Waals surface area contributed by atoms with E-state index in [9.17, 15) is 14.4 Å². The van der Waals surface area contributed by atoms with E-state index in [0.717, 1.165) is 0 Å². The van der Waals surface area contributed by atoms with Crippen molar-refractivity contribution in [3.8, 4) is 0 Å². The van der Waals surface area contributed by atoms with Gasteiger partial charge in [-0.2, -0.15) is 0 Å². The fraction of sp³-hybridized carbons (Fsp3) is 0.625. The number of benzene rings is 1. The van der Waals surface area contributed by atoms with Crippen LogP contribution in [-0.2, 0) is 14.4 Å². The first-order valence-electron chi connectivity index (χ1n) is 10.9. The third-order valence-electron chi connectivity index (χ3n) is 5.65. The second-order valence-electron chi connectivity index (χ2n) is 10.7. The van der Waals surface area contributed by atoms with Crippen molar-refractivity contribution in [1.82, 2.24) is 0 Å². The van der Waals surface area contributed by atoms with Gasteiger partial charge in [0.1, 0.15) is 0 Å². The molecule has 1 rings (SSSR count). The molecule has 3 amide bonds. The summed E-state index contributed by atoms with van der Waals surface area (Å²) in [6.07, 6.45) is 1.62. The Bertz CT molecular complexity index is 785. The van der Waals surface area contributed by atoms with Gasteiger partial charge in [-0.25, -0.2) is 0 Å². The zero-order chi connectivity index (χ0) is 24.2. The van der Waals surface area contributed by atoms with Crippen LogP contribution >= 0.6 is 0 Å². The van der Waals surface area contributed by atoms with E-state index in [1.54, 1.807) is 12.1 Å². The van der Waals surface area contributed by atoms with Gasteiger partial charge in [-0.1, -0.05) is 62.3 Å². The number of carbonyl (C=O) groups is 3. The number of carbonyl (C=O) groups excluding carboxylic acids is 3. The Morgan fingerprint density at radius 2 is 1.16 bits per heavy atom. The van der Waals surface area contributed by atoms with E-state index in [4.69, 9.17) is 5.73 Å². The molecule has 5 N–H and O–H groups in total. The molecule has 0 saturated carbocycles. The average molecular weight is 433 g/mol. The summed E-state index contributed by atoms with van der Waals surface area (Å²) >= 11 is 0. The van der Waals surface area contributed by atoms with Crippen LogP contribution in [0.25, 0.3) is 0 Å². The number of nitrogens with one attached hydrogen (secondary N) is 3. The van der Waals surface area contributed by atoms with Crippen molar-refractivity contribution in [2.75, 3.05) is 21.7 Å². The quantitative estimate of drug-likeness (QED) is 0.412. The van der Waals surface area contributed by atoms with Crippen LogP contribution in [0.4, 0.5) is 22.7 Å². The smallest absolute Gasteiger partial charge is 0.230 e. The van der Waals surface area contributed by atoms with Crippen LogP contribution in [0.3, 0.4) is 0 Å². The first kappa shape index (κ1) is 26.5. The lowest BCUT2D eigenvalue weighted by atomic mass is 9.89. The Balaban J connectivity index is 3.36. The van der Waals surface area contributed by atoms with Gasteiger partial charge in [0, 0.05) is 22.9 Å². The van der Waals surface area contributed by atoms with Crippen molar-refractivity contribution in [1.29, 1.82) is 0 Å². The molecule has 0 fully saturated rings. The maximum Gasteiger partial charge on any atom is 0.230 e. The Labute approximate surface area is 186 Å². The molecule has 174 valence electrons. The SMILES string of the molecule is CCC(C)(C)C(=O)Nc1cc(NC(=O)CC(C)(C)C)cc(NC(=O)C(C)(C)CC)c1N. The van der Waals surface area contributed by atoms with E-state index >= 15 is 0 Å². The lowest BCUT2D eigenvalue weighted by Crippen LogP contribution is -2.31. The highest BCUT2D eigenvalue weighted by molar-refractivity contribution is 6.05. The highest BCUT2D eigenvalue weighted by Gasteiger charge is 2.28. The Kier molecular flexibility index (Phi) is 8.29. The predicted octanol–water partition coefficient (Wildman–Crippen LogP) is 5.39. The van der Waals surface area contributed by atoms with Crippen LogP contribution in [-0.4, -0.2) is 17.7 Å². The van der Waals surface area contributed by atoms with Crippen LogP contribution in [0.2, 0.25) is 0 Å². The van der Waals surface area contributed by atoms with Crippen LogP contribution in [0.5, 0.6) is 0 Å². The van der Waals surface area contributed by atoms with Crippen LogP contribution in [0, 0.1) is 16.2 Å². The molecule has 0 aliphatic rings. The summed E-state index contributed by atoms with van der Waals surface area (Å²) in [5.74, 6) is -0.535. The average Bonchev–Trinajstić information content (AvgIpc) is 2.63. The standard InChI is InChI=1S/C24H40N4O3/c1-10-23(6,7)20(30)27-16-12-15(26-18(29)14-22(3,4)5)13-17(19(16)25)28-21(31)24(8,9)11-2/h12-13H,10-11,14,25H2,1-9H3,(H,26,29)(H,27,30)(H,28,31). The molecule has 0 aliphatic carbocycles. The fourth-order valence-corrected chi connectivity index (χ4v) is 2.52. The van der Waals surface area contributed by atoms with Gasteiger partial charge in [-0.05, 0) is 30.4 Å². The minimum absolute atomic E-state index is 0.158. The van der Waals surface area contributed by atoms with Gasteiger partial charge in [-0.3, -0.25) is 14.4 Å². The van der Waals surface area contributed by atoms with E-state index in [-0.39, 0.29) is 28.8 Å². The zero-order valence-corrected chi connectivity index (χ0v) is 20.6. The van der Waals surface area contributed by atoms with E-state index in [2.05, 4.69) is 16.0 Å². The predicted molar refractivity (Wildman–Crippen MR) is 129 cm³/mol. The summed E-state index contributed by atoms with van der Waals surface area (Å²) in [6, 6.07) is 3.25. The lowest BCUT2D eigenvalue weighted by molar-refractivity contribution is -0.124. The van der Waals surface area contributed by atoms with Crippen molar-refractivity contribution in [2.24, 2.45) is 16.2 Å². The number of hydrogen-bond acceptors (Lipinski definition) is 4. The van der Waals surface area contributed by atoms with Gasteiger partial charge in [0.15, 0.2) is 0 Å². The van der Waals surface area contributed by atoms with Crippen molar-refractivity contribution < 1.29 is 14.4 Å². The van der Waals surface area contributed by atoms with E-state index in [1.807, 2.05) is 62.3 Å². The van der Waals surface area contributed by atoms with Crippen molar-refractivity contribution in [3.63, 3.8) is 0 Å². The molecule has 0 heterocycles. The first-order valence-corrected chi connectivity index (χ1v) is 10.9. The normalized spacial score (nSPS) is 12.3. The first-order chi connectivity index (χ1) is 14.0. The van der Waals surface area contributed by atoms with Crippen LogP contribution in [0.15, 0.2) is 12.1 Å². The molecule has 0 bridgehead atoms. The third-order valence-corrected chi connectivity index (χ3v) is 5.65. The summed E-state index contributed by atoms with van der Waals surface area (Å²) in [6.45, 7) is 17.2. The summed E-state index contributed by atoms with van der Waals surface area (Å²) in [5, 5.41) is 8.59. The molecule has 0 unspecified atom stereocenters. The van der Waals surface area contributed by atoms with E-state index < -0.39 is 10.8 Å². The van der Waals surface area contributed by atoms with Gasteiger partial charge in [0.25, 0.3) is 0 Å². The molecule has 7 heteroatoms. The highest BCUT2D eigenvalue weighted by Crippen LogP contribution is 2.35. The molecule has 0 atom stereocenters. The molecule has 0 radical (unpaired) electrons. The molecule has 0 aromatic heterocycles. The molecule has 7 nitrogen and oxygen atoms in total. The molecule has 31 heavy (non-hydrogen) atoms. The zero-order valence-electron chi connectivity index (χ0n) is 20.6. The Hall–Kier alpha value is -2.57. The lowest BCUT2D eigenvalue weighted by Gasteiger charge is -2.25. The van der Waals surface area contributed by atoms with E-state index in [0.29, 0.717) is 36.3 Å². The molecule has 1 aromatic carbocycles. The largest absolute Gasteiger partial charge is 0.395 e. The minimum atomic E-state index is -0.592. The number of hydrogen-bond donors (Lipinski definition) is 4. The van der Waals surface area contributed by atoms with Crippen LogP contribution < -0.4 is 21.7 Å². The molecular weight excluding hydrogens is 392 g/mol. The molecule has 1 aromatic rings. The third kappa shape index (κ3) is 7.56. The highest BCUT2D eigenvalue weighted by atomic mass is 16.2. The van der Waals surface area contributed by atoms with E-state index in [1.165, 1.54) is 0 Å². The fourth-order valence-electron chi connectivity index (χ4n) is 2.52. The second kappa shape index (κ2) is 9.71. The summed E-state index contributed by atoms with van der Waals surface area (Å²) < 4.78 is 0. The number of nitrogens with two attached hydrogens (primary N) is 1. The Morgan fingerprint density at radius 1 is 0.774 bits per heavy atom. The summed E-state index contributed by atoms with van der Waals surface area (Å²) in [5.41, 5.74) is 6.35. The molecule has 0 aliphatic heterocycles. The van der Waals surface area contributed by atoms with Gasteiger partial charge in [0.05, 0.1) is 17.1 Å². The summed E-state index contributed by atoms with van der Waals surface area (Å²) in [4.78, 5) is 37.9. The number of amides is 3. The molecular formula is C24H40N4O3. The van der Waals surface area contributed by atoms with Gasteiger partial charge >= 0.3 is 0 Å². The van der Waals surface area contributed by atoms with Gasteiger partial charge in [0.2, 0.25) is 17.7 Å². The van der Waals surface area contributed by atoms with Crippen molar-refractivity contribution in [3.05, 3.63) is 12.1 Å². The van der Waals surface area contributed by atoms with Crippen LogP contribution in [0.1, 0.15) is 81.6 Å². The van der Waals surface area contributed by atoms with Crippen molar-refractivity contribution >= 4 is 40.5 Å². The Morgan fingerprint density at radius 3 is 1.48 bits per heavy atom.